The summed E-state index contributed by atoms with van der Waals surface area (Å²) in [4.78, 5) is 23.6. The first-order valence-corrected chi connectivity index (χ1v) is 6.54. The van der Waals surface area contributed by atoms with E-state index in [1.807, 2.05) is 0 Å². The molecule has 0 aliphatic rings. The van der Waals surface area contributed by atoms with Crippen LogP contribution in [-0.4, -0.2) is 22.7 Å². The van der Waals surface area contributed by atoms with Gasteiger partial charge in [-0.05, 0) is 18.2 Å². The Bertz CT molecular complexity index is 797. The molecular weight excluding hydrogens is 313 g/mol. The van der Waals surface area contributed by atoms with Crippen LogP contribution in [0, 0.1) is 0 Å². The van der Waals surface area contributed by atoms with Crippen LogP contribution in [0.15, 0.2) is 35.3 Å². The highest BCUT2D eigenvalue weighted by Crippen LogP contribution is 2.30. The van der Waals surface area contributed by atoms with Crippen molar-refractivity contribution in [3.8, 4) is 5.69 Å². The molecule has 2 rings (SSSR count). The van der Waals surface area contributed by atoms with E-state index >= 15 is 0 Å². The lowest BCUT2D eigenvalue weighted by molar-refractivity contribution is -0.137. The Balaban J connectivity index is 2.64. The minimum Gasteiger partial charge on any atom is -0.380 e. The highest BCUT2D eigenvalue weighted by Gasteiger charge is 2.30. The van der Waals surface area contributed by atoms with Crippen LogP contribution in [0.5, 0.6) is 0 Å². The summed E-state index contributed by atoms with van der Waals surface area (Å²) < 4.78 is 44.4. The summed E-state index contributed by atoms with van der Waals surface area (Å²) >= 11 is 0. The zero-order chi connectivity index (χ0) is 17.2. The Kier molecular flexibility index (Phi) is 4.65. The number of halogens is 3. The van der Waals surface area contributed by atoms with Crippen LogP contribution >= 0.6 is 0 Å². The van der Waals surface area contributed by atoms with Crippen LogP contribution in [0.2, 0.25) is 0 Å². The molecule has 0 aliphatic carbocycles. The number of aromatic nitrogens is 2. The second-order valence-corrected chi connectivity index (χ2v) is 4.81. The van der Waals surface area contributed by atoms with E-state index in [-0.39, 0.29) is 23.6 Å². The topological polar surface area (TPSA) is 61.2 Å². The van der Waals surface area contributed by atoms with E-state index in [1.54, 1.807) is 0 Å². The van der Waals surface area contributed by atoms with E-state index in [0.717, 1.165) is 23.7 Å². The second kappa shape index (κ2) is 6.33. The molecule has 0 bridgehead atoms. The van der Waals surface area contributed by atoms with Crippen LogP contribution in [0.4, 0.5) is 13.2 Å². The van der Waals surface area contributed by atoms with Crippen molar-refractivity contribution in [3.05, 3.63) is 57.5 Å². The zero-order valence-corrected chi connectivity index (χ0v) is 12.3. The quantitative estimate of drug-likeness (QED) is 0.810. The van der Waals surface area contributed by atoms with Gasteiger partial charge >= 0.3 is 6.18 Å². The third kappa shape index (κ3) is 3.65. The lowest BCUT2D eigenvalue weighted by Gasteiger charge is -2.12. The predicted octanol–water partition coefficient (Wildman–Crippen LogP) is 2.60. The molecule has 8 heteroatoms. The van der Waals surface area contributed by atoms with Crippen molar-refractivity contribution in [3.63, 3.8) is 0 Å². The van der Waals surface area contributed by atoms with Crippen LogP contribution in [0.25, 0.3) is 5.69 Å². The number of ether oxygens (including phenoxy) is 1. The molecule has 0 fully saturated rings. The molecule has 0 saturated carbocycles. The Morgan fingerprint density at radius 1 is 1.35 bits per heavy atom. The normalized spacial score (nSPS) is 11.5. The summed E-state index contributed by atoms with van der Waals surface area (Å²) in [5.74, 6) is -0.575. The molecule has 1 aromatic carbocycles. The number of benzene rings is 1. The molecule has 2 aromatic rings. The molecule has 23 heavy (non-hydrogen) atoms. The Hall–Kier alpha value is -2.48. The third-order valence-corrected chi connectivity index (χ3v) is 3.06. The number of alkyl halides is 3. The van der Waals surface area contributed by atoms with Gasteiger partial charge in [-0.15, -0.1) is 0 Å². The second-order valence-electron chi connectivity index (χ2n) is 4.81. The minimum atomic E-state index is -4.51. The molecule has 0 N–H and O–H groups in total. The number of methoxy groups -OCH3 is 1. The van der Waals surface area contributed by atoms with E-state index in [0.29, 0.717) is 0 Å². The van der Waals surface area contributed by atoms with Crippen molar-refractivity contribution < 1.29 is 22.7 Å². The lowest BCUT2D eigenvalue weighted by Crippen LogP contribution is -2.24. The Labute approximate surface area is 129 Å². The van der Waals surface area contributed by atoms with E-state index < -0.39 is 23.0 Å². The van der Waals surface area contributed by atoms with Crippen LogP contribution in [-0.2, 0) is 17.5 Å². The van der Waals surface area contributed by atoms with Crippen molar-refractivity contribution in [1.82, 2.24) is 9.78 Å². The van der Waals surface area contributed by atoms with Gasteiger partial charge in [0.25, 0.3) is 0 Å². The van der Waals surface area contributed by atoms with Gasteiger partial charge in [-0.2, -0.15) is 18.3 Å². The molecule has 122 valence electrons. The largest absolute Gasteiger partial charge is 0.416 e. The molecule has 0 spiro atoms. The maximum absolute atomic E-state index is 12.8. The van der Waals surface area contributed by atoms with Crippen molar-refractivity contribution in [2.45, 2.75) is 19.7 Å². The molecule has 0 unspecified atom stereocenters. The first-order valence-electron chi connectivity index (χ1n) is 6.54. The maximum atomic E-state index is 12.8. The number of nitrogens with zero attached hydrogens (tertiary/aromatic N) is 2. The van der Waals surface area contributed by atoms with Gasteiger partial charge in [0.05, 0.1) is 17.9 Å². The molecular formula is C15H13F3N2O3. The van der Waals surface area contributed by atoms with Gasteiger partial charge in [-0.3, -0.25) is 9.59 Å². The molecule has 0 atom stereocenters. The smallest absolute Gasteiger partial charge is 0.380 e. The van der Waals surface area contributed by atoms with Gasteiger partial charge in [-0.1, -0.05) is 6.07 Å². The van der Waals surface area contributed by atoms with E-state index in [2.05, 4.69) is 5.10 Å². The van der Waals surface area contributed by atoms with Gasteiger partial charge < -0.3 is 4.74 Å². The first-order chi connectivity index (χ1) is 10.7. The monoisotopic (exact) mass is 326 g/mol. The summed E-state index contributed by atoms with van der Waals surface area (Å²) in [5.41, 5.74) is -1.59. The number of rotatable bonds is 4. The highest BCUT2D eigenvalue weighted by molar-refractivity contribution is 5.91. The average Bonchev–Trinajstić information content (AvgIpc) is 2.48. The maximum Gasteiger partial charge on any atom is 0.416 e. The van der Waals surface area contributed by atoms with Gasteiger partial charge in [0.15, 0.2) is 11.5 Å². The number of carbonyl (C=O) groups excluding carboxylic acids is 1. The van der Waals surface area contributed by atoms with E-state index in [9.17, 15) is 22.8 Å². The molecule has 1 heterocycles. The molecule has 0 saturated heterocycles. The Morgan fingerprint density at radius 2 is 2.04 bits per heavy atom. The zero-order valence-electron chi connectivity index (χ0n) is 12.3. The van der Waals surface area contributed by atoms with Crippen molar-refractivity contribution in [2.75, 3.05) is 7.11 Å². The number of hydrogen-bond donors (Lipinski definition) is 0. The number of Topliss-reactive ketones (excluding diaryl/α,β-unsaturated/α-hetero) is 1. The van der Waals surface area contributed by atoms with Crippen LogP contribution in [0.1, 0.15) is 28.5 Å². The standard InChI is InChI=1S/C15H13F3N2O3/c1-9(21)13-14(22)10(8-23-2)7-20(19-13)12-5-3-4-11(6-12)15(16,17)18/h3-7H,8H2,1-2H3. The SMILES string of the molecule is COCc1cn(-c2cccc(C(F)(F)F)c2)nc(C(C)=O)c1=O. The molecule has 1 aromatic heterocycles. The van der Waals surface area contributed by atoms with Crippen LogP contribution < -0.4 is 5.43 Å². The minimum absolute atomic E-state index is 0.0827. The van der Waals surface area contributed by atoms with Gasteiger partial charge in [0.2, 0.25) is 5.43 Å². The van der Waals surface area contributed by atoms with Crippen molar-refractivity contribution >= 4 is 5.78 Å². The molecule has 0 amide bonds. The van der Waals surface area contributed by atoms with Gasteiger partial charge in [-0.25, -0.2) is 4.68 Å². The third-order valence-electron chi connectivity index (χ3n) is 3.06. The van der Waals surface area contributed by atoms with Crippen molar-refractivity contribution in [1.29, 1.82) is 0 Å². The van der Waals surface area contributed by atoms with Gasteiger partial charge in [0, 0.05) is 25.8 Å². The molecule has 0 radical (unpaired) electrons. The molecule has 0 aliphatic heterocycles. The number of hydrogen-bond acceptors (Lipinski definition) is 4. The highest BCUT2D eigenvalue weighted by atomic mass is 19.4. The fourth-order valence-electron chi connectivity index (χ4n) is 1.99. The number of carbonyl (C=O) groups is 1. The fourth-order valence-corrected chi connectivity index (χ4v) is 1.99. The summed E-state index contributed by atoms with van der Waals surface area (Å²) in [6, 6.07) is 4.43. The predicted molar refractivity (Wildman–Crippen MR) is 75.6 cm³/mol. The summed E-state index contributed by atoms with van der Waals surface area (Å²) in [6.45, 7) is 1.08. The lowest BCUT2D eigenvalue weighted by atomic mass is 10.2. The first kappa shape index (κ1) is 16.9. The Morgan fingerprint density at radius 3 is 2.61 bits per heavy atom. The van der Waals surface area contributed by atoms with E-state index in [4.69, 9.17) is 4.74 Å². The van der Waals surface area contributed by atoms with Crippen molar-refractivity contribution in [2.24, 2.45) is 0 Å². The number of ketones is 1. The average molecular weight is 326 g/mol. The fraction of sp³-hybridized carbons (Fsp3) is 0.267. The summed E-state index contributed by atoms with van der Waals surface area (Å²) in [7, 11) is 1.36. The van der Waals surface area contributed by atoms with Crippen LogP contribution in [0.3, 0.4) is 0 Å². The summed E-state index contributed by atoms with van der Waals surface area (Å²) in [5, 5.41) is 3.84. The molecule has 5 nitrogen and oxygen atoms in total. The van der Waals surface area contributed by atoms with Gasteiger partial charge in [0.1, 0.15) is 0 Å². The summed E-state index contributed by atoms with van der Waals surface area (Å²) in [6.07, 6.45) is -3.25. The van der Waals surface area contributed by atoms with E-state index in [1.165, 1.54) is 25.4 Å².